The summed E-state index contributed by atoms with van der Waals surface area (Å²) in [5.74, 6) is 0. The maximum absolute atomic E-state index is 2.45. The Morgan fingerprint density at radius 1 is 0.250 bits per heavy atom. The molecule has 8 aromatic carbocycles. The lowest BCUT2D eigenvalue weighted by molar-refractivity contribution is 1.17. The van der Waals surface area contributed by atoms with E-state index in [-0.39, 0.29) is 0 Å². The number of hydrogen-bond donors (Lipinski definition) is 0. The summed E-state index contributed by atoms with van der Waals surface area (Å²) >= 11 is 1.88. The van der Waals surface area contributed by atoms with Crippen molar-refractivity contribution in [3.05, 3.63) is 176 Å². The van der Waals surface area contributed by atoms with Crippen molar-refractivity contribution < 1.29 is 0 Å². The lowest BCUT2D eigenvalue weighted by Gasteiger charge is -2.10. The molecule has 0 fully saturated rings. The van der Waals surface area contributed by atoms with Crippen LogP contribution in [0.25, 0.3) is 103 Å². The molecule has 0 atom stereocenters. The summed E-state index contributed by atoms with van der Waals surface area (Å²) in [6.07, 6.45) is 0. The standard InChI is InChI=1S/C48H29N3S/c1-2-12-30(13-3-1)49-45-24-22-31(50-41-18-8-4-14-33(41)34-15-5-9-19-42(34)50)26-37(45)38-28-40-39-27-32(23-25-47(39)52-48(40)29-46(38)49)51-43-20-10-6-16-35(43)36-17-7-11-21-44(36)51/h1-29H. The molecule has 0 saturated carbocycles. The summed E-state index contributed by atoms with van der Waals surface area (Å²) in [6.45, 7) is 0. The van der Waals surface area contributed by atoms with Crippen molar-refractivity contribution in [3.63, 3.8) is 0 Å². The summed E-state index contributed by atoms with van der Waals surface area (Å²) in [6, 6.07) is 64.7. The van der Waals surface area contributed by atoms with Crippen LogP contribution in [0.15, 0.2) is 176 Å². The minimum Gasteiger partial charge on any atom is -0.309 e. The van der Waals surface area contributed by atoms with Crippen molar-refractivity contribution >= 4 is 96.9 Å². The molecule has 0 unspecified atom stereocenters. The van der Waals surface area contributed by atoms with Crippen LogP contribution in [-0.4, -0.2) is 13.7 Å². The SMILES string of the molecule is c1ccc(-n2c3ccc(-n4c5ccccc5c5ccccc54)cc3c3cc4c(cc32)sc2ccc(-n3c5ccccc5c5ccccc53)cc24)cc1. The Hall–Kier alpha value is -6.62. The second-order valence-electron chi connectivity index (χ2n) is 13.8. The maximum atomic E-state index is 2.45. The van der Waals surface area contributed by atoms with Gasteiger partial charge in [0.05, 0.1) is 33.1 Å². The van der Waals surface area contributed by atoms with Crippen LogP contribution < -0.4 is 0 Å². The second kappa shape index (κ2) is 10.5. The molecule has 4 heterocycles. The predicted octanol–water partition coefficient (Wildman–Crippen LogP) is 13.3. The van der Waals surface area contributed by atoms with E-state index in [2.05, 4.69) is 190 Å². The van der Waals surface area contributed by atoms with Crippen molar-refractivity contribution in [2.75, 3.05) is 0 Å². The highest BCUT2D eigenvalue weighted by Crippen LogP contribution is 2.43. The highest BCUT2D eigenvalue weighted by molar-refractivity contribution is 7.25. The Bertz CT molecular complexity index is 3300. The van der Waals surface area contributed by atoms with Crippen molar-refractivity contribution in [1.29, 1.82) is 0 Å². The zero-order chi connectivity index (χ0) is 33.9. The summed E-state index contributed by atoms with van der Waals surface area (Å²) < 4.78 is 9.88. The van der Waals surface area contributed by atoms with E-state index in [1.165, 1.54) is 103 Å². The first-order valence-corrected chi connectivity index (χ1v) is 18.6. The number of nitrogens with zero attached hydrogens (tertiary/aromatic N) is 3. The number of fused-ring (bicyclic) bond motifs is 12. The van der Waals surface area contributed by atoms with Crippen LogP contribution in [-0.2, 0) is 0 Å². The van der Waals surface area contributed by atoms with Crippen molar-refractivity contribution in [2.24, 2.45) is 0 Å². The first-order valence-electron chi connectivity index (χ1n) is 17.8. The van der Waals surface area contributed by atoms with Gasteiger partial charge in [-0.15, -0.1) is 11.3 Å². The van der Waals surface area contributed by atoms with E-state index in [0.717, 1.165) is 0 Å². The average molecular weight is 680 g/mol. The van der Waals surface area contributed by atoms with Gasteiger partial charge in [0.15, 0.2) is 0 Å². The quantitative estimate of drug-likeness (QED) is 0.177. The summed E-state index contributed by atoms with van der Waals surface area (Å²) in [5, 5.41) is 10.2. The molecule has 0 saturated heterocycles. The van der Waals surface area contributed by atoms with Crippen LogP contribution in [0, 0.1) is 0 Å². The van der Waals surface area contributed by atoms with E-state index in [1.807, 2.05) is 11.3 Å². The van der Waals surface area contributed by atoms with Crippen LogP contribution in [0.1, 0.15) is 0 Å². The fraction of sp³-hybridized carbons (Fsp3) is 0. The highest BCUT2D eigenvalue weighted by atomic mass is 32.1. The van der Waals surface area contributed by atoms with E-state index in [1.54, 1.807) is 0 Å². The zero-order valence-electron chi connectivity index (χ0n) is 28.0. The fourth-order valence-corrected chi connectivity index (χ4v) is 9.90. The van der Waals surface area contributed by atoms with Gasteiger partial charge in [-0.25, -0.2) is 0 Å². The molecule has 12 rings (SSSR count). The lowest BCUT2D eigenvalue weighted by Crippen LogP contribution is -1.95. The number of rotatable bonds is 3. The first kappa shape index (κ1) is 28.1. The molecule has 3 nitrogen and oxygen atoms in total. The average Bonchev–Trinajstić information content (AvgIpc) is 3.93. The molecular weight excluding hydrogens is 651 g/mol. The topological polar surface area (TPSA) is 14.8 Å². The van der Waals surface area contributed by atoms with E-state index < -0.39 is 0 Å². The Morgan fingerprint density at radius 2 is 0.673 bits per heavy atom. The van der Waals surface area contributed by atoms with E-state index in [0.29, 0.717) is 0 Å². The maximum Gasteiger partial charge on any atom is 0.0555 e. The highest BCUT2D eigenvalue weighted by Gasteiger charge is 2.19. The van der Waals surface area contributed by atoms with Crippen LogP contribution >= 0.6 is 11.3 Å². The van der Waals surface area contributed by atoms with Gasteiger partial charge in [0.2, 0.25) is 0 Å². The number of thiophene rings is 1. The summed E-state index contributed by atoms with van der Waals surface area (Å²) in [4.78, 5) is 0. The zero-order valence-corrected chi connectivity index (χ0v) is 28.8. The lowest BCUT2D eigenvalue weighted by atomic mass is 10.1. The van der Waals surface area contributed by atoms with Crippen molar-refractivity contribution in [3.8, 4) is 17.1 Å². The van der Waals surface area contributed by atoms with E-state index in [4.69, 9.17) is 0 Å². The molecule has 4 aromatic heterocycles. The molecule has 0 aliphatic rings. The molecule has 0 spiro atoms. The Labute approximate surface area is 302 Å². The smallest absolute Gasteiger partial charge is 0.0555 e. The third kappa shape index (κ3) is 3.79. The predicted molar refractivity (Wildman–Crippen MR) is 222 cm³/mol. The normalized spacial score (nSPS) is 12.2. The van der Waals surface area contributed by atoms with Crippen molar-refractivity contribution in [1.82, 2.24) is 13.7 Å². The van der Waals surface area contributed by atoms with Crippen molar-refractivity contribution in [2.45, 2.75) is 0 Å². The van der Waals surface area contributed by atoms with Gasteiger partial charge >= 0.3 is 0 Å². The largest absolute Gasteiger partial charge is 0.309 e. The molecule has 52 heavy (non-hydrogen) atoms. The molecule has 0 amide bonds. The van der Waals surface area contributed by atoms with Gasteiger partial charge in [-0.05, 0) is 84.9 Å². The number of aromatic nitrogens is 3. The fourth-order valence-electron chi connectivity index (χ4n) is 8.80. The minimum absolute atomic E-state index is 1.17. The van der Waals surface area contributed by atoms with E-state index in [9.17, 15) is 0 Å². The Kier molecular flexibility index (Phi) is 5.65. The van der Waals surface area contributed by atoms with Crippen LogP contribution in [0.5, 0.6) is 0 Å². The van der Waals surface area contributed by atoms with Gasteiger partial charge in [-0.1, -0.05) is 91.0 Å². The molecule has 4 heteroatoms. The minimum atomic E-state index is 1.17. The van der Waals surface area contributed by atoms with Gasteiger partial charge < -0.3 is 13.7 Å². The number of para-hydroxylation sites is 5. The summed E-state index contributed by atoms with van der Waals surface area (Å²) in [7, 11) is 0. The molecule has 242 valence electrons. The molecular formula is C48H29N3S. The summed E-state index contributed by atoms with van der Waals surface area (Å²) in [5.41, 5.74) is 10.9. The number of benzene rings is 8. The van der Waals surface area contributed by atoms with Crippen LogP contribution in [0.4, 0.5) is 0 Å². The Morgan fingerprint density at radius 3 is 1.25 bits per heavy atom. The molecule has 12 aromatic rings. The van der Waals surface area contributed by atoms with Gasteiger partial charge in [0, 0.05) is 69.6 Å². The van der Waals surface area contributed by atoms with Crippen LogP contribution in [0.3, 0.4) is 0 Å². The molecule has 0 aliphatic carbocycles. The van der Waals surface area contributed by atoms with Gasteiger partial charge in [0.25, 0.3) is 0 Å². The molecule has 0 bridgehead atoms. The molecule has 0 aliphatic heterocycles. The van der Waals surface area contributed by atoms with E-state index >= 15 is 0 Å². The third-order valence-electron chi connectivity index (χ3n) is 11.0. The molecule has 0 N–H and O–H groups in total. The second-order valence-corrected chi connectivity index (χ2v) is 14.8. The van der Waals surface area contributed by atoms with Gasteiger partial charge in [-0.2, -0.15) is 0 Å². The molecule has 0 radical (unpaired) electrons. The Balaban J connectivity index is 1.15. The van der Waals surface area contributed by atoms with Crippen LogP contribution in [0.2, 0.25) is 0 Å². The first-order chi connectivity index (χ1) is 25.8. The third-order valence-corrected chi connectivity index (χ3v) is 12.1. The van der Waals surface area contributed by atoms with Gasteiger partial charge in [-0.3, -0.25) is 0 Å². The monoisotopic (exact) mass is 679 g/mol. The number of hydrogen-bond acceptors (Lipinski definition) is 1. The van der Waals surface area contributed by atoms with Gasteiger partial charge in [0.1, 0.15) is 0 Å².